The van der Waals surface area contributed by atoms with Gasteiger partial charge >= 0.3 is 0 Å². The number of benzene rings is 2. The highest BCUT2D eigenvalue weighted by Crippen LogP contribution is 2.25. The average molecular weight is 490 g/mol. The summed E-state index contributed by atoms with van der Waals surface area (Å²) in [5, 5.41) is 6.08. The molecule has 0 aromatic heterocycles. The van der Waals surface area contributed by atoms with Crippen LogP contribution in [0.15, 0.2) is 47.4 Å². The van der Waals surface area contributed by atoms with Gasteiger partial charge in [-0.2, -0.15) is 4.31 Å². The first-order valence-electron chi connectivity index (χ1n) is 11.4. The van der Waals surface area contributed by atoms with E-state index in [9.17, 15) is 18.0 Å². The number of sulfonamides is 1. The molecule has 1 saturated heterocycles. The molecule has 1 aliphatic carbocycles. The summed E-state index contributed by atoms with van der Waals surface area (Å²) in [6, 6.07) is 10.9. The highest BCUT2D eigenvalue weighted by atomic mass is 35.5. The Morgan fingerprint density at radius 1 is 0.909 bits per heavy atom. The molecule has 33 heavy (non-hydrogen) atoms. The lowest BCUT2D eigenvalue weighted by Gasteiger charge is -2.23. The van der Waals surface area contributed by atoms with E-state index in [4.69, 9.17) is 11.6 Å². The van der Waals surface area contributed by atoms with Crippen LogP contribution in [0.3, 0.4) is 0 Å². The molecule has 2 aliphatic rings. The number of nitrogens with one attached hydrogen (secondary N) is 2. The monoisotopic (exact) mass is 489 g/mol. The van der Waals surface area contributed by atoms with Crippen molar-refractivity contribution in [2.24, 2.45) is 0 Å². The van der Waals surface area contributed by atoms with Gasteiger partial charge in [0.05, 0.1) is 15.5 Å². The Kier molecular flexibility index (Phi) is 7.36. The van der Waals surface area contributed by atoms with Crippen LogP contribution in [0.5, 0.6) is 0 Å². The molecule has 2 fully saturated rings. The van der Waals surface area contributed by atoms with Gasteiger partial charge in [-0.05, 0) is 62.1 Å². The molecule has 2 aromatic rings. The second kappa shape index (κ2) is 10.2. The zero-order valence-corrected chi connectivity index (χ0v) is 19.9. The van der Waals surface area contributed by atoms with Crippen molar-refractivity contribution < 1.29 is 18.0 Å². The summed E-state index contributed by atoms with van der Waals surface area (Å²) in [6.45, 7) is 0.991. The van der Waals surface area contributed by atoms with Crippen LogP contribution in [0, 0.1) is 0 Å². The van der Waals surface area contributed by atoms with Crippen LogP contribution in [0.4, 0.5) is 5.69 Å². The lowest BCUT2D eigenvalue weighted by Crippen LogP contribution is -2.36. The normalized spacial score (nSPS) is 17.6. The Labute approximate surface area is 199 Å². The van der Waals surface area contributed by atoms with Crippen molar-refractivity contribution in [1.82, 2.24) is 9.62 Å². The quantitative estimate of drug-likeness (QED) is 0.627. The summed E-state index contributed by atoms with van der Waals surface area (Å²) in [7, 11) is -3.62. The van der Waals surface area contributed by atoms with Crippen molar-refractivity contribution in [3.63, 3.8) is 0 Å². The van der Waals surface area contributed by atoms with Crippen LogP contribution in [-0.4, -0.2) is 43.7 Å². The molecule has 0 unspecified atom stereocenters. The van der Waals surface area contributed by atoms with E-state index in [0.29, 0.717) is 29.4 Å². The molecule has 2 aromatic carbocycles. The molecule has 0 bridgehead atoms. The Morgan fingerprint density at radius 2 is 1.64 bits per heavy atom. The Hall–Kier alpha value is -2.42. The van der Waals surface area contributed by atoms with Crippen molar-refractivity contribution >= 4 is 39.1 Å². The zero-order valence-electron chi connectivity index (χ0n) is 18.3. The van der Waals surface area contributed by atoms with Crippen LogP contribution < -0.4 is 10.6 Å². The van der Waals surface area contributed by atoms with Gasteiger partial charge < -0.3 is 10.6 Å². The van der Waals surface area contributed by atoms with E-state index in [1.54, 1.807) is 30.3 Å². The molecule has 9 heteroatoms. The fourth-order valence-corrected chi connectivity index (χ4v) is 6.13. The Balaban J connectivity index is 1.48. The summed E-state index contributed by atoms with van der Waals surface area (Å²) < 4.78 is 27.1. The highest BCUT2D eigenvalue weighted by molar-refractivity contribution is 7.89. The number of carbonyl (C=O) groups excluding carboxylic acids is 2. The molecule has 176 valence electrons. The molecule has 0 atom stereocenters. The summed E-state index contributed by atoms with van der Waals surface area (Å²) in [5.41, 5.74) is 0.926. The fourth-order valence-electron chi connectivity index (χ4n) is 4.37. The molecular formula is C24H28ClN3O4S. The summed E-state index contributed by atoms with van der Waals surface area (Å²) >= 11 is 6.25. The zero-order chi connectivity index (χ0) is 23.4. The number of rotatable bonds is 6. The number of hydrogen-bond donors (Lipinski definition) is 2. The molecule has 2 N–H and O–H groups in total. The molecule has 2 amide bonds. The second-order valence-corrected chi connectivity index (χ2v) is 10.9. The first-order valence-corrected chi connectivity index (χ1v) is 13.2. The lowest BCUT2D eigenvalue weighted by atomic mass is 9.95. The topological polar surface area (TPSA) is 95.6 Å². The van der Waals surface area contributed by atoms with Crippen molar-refractivity contribution in [2.45, 2.75) is 55.9 Å². The summed E-state index contributed by atoms with van der Waals surface area (Å²) in [6.07, 6.45) is 6.98. The number of hydrogen-bond acceptors (Lipinski definition) is 4. The lowest BCUT2D eigenvalue weighted by molar-refractivity contribution is 0.0926. The van der Waals surface area contributed by atoms with E-state index in [1.807, 2.05) is 0 Å². The third-order valence-electron chi connectivity index (χ3n) is 6.21. The Bertz CT molecular complexity index is 1140. The number of amides is 2. The van der Waals surface area contributed by atoms with Gasteiger partial charge in [-0.1, -0.05) is 36.9 Å². The largest absolute Gasteiger partial charge is 0.349 e. The maximum Gasteiger partial charge on any atom is 0.255 e. The van der Waals surface area contributed by atoms with Crippen molar-refractivity contribution in [2.75, 3.05) is 18.4 Å². The highest BCUT2D eigenvalue weighted by Gasteiger charge is 2.27. The van der Waals surface area contributed by atoms with Gasteiger partial charge in [0.15, 0.2) is 0 Å². The summed E-state index contributed by atoms with van der Waals surface area (Å²) in [4.78, 5) is 25.7. The third-order valence-corrected chi connectivity index (χ3v) is 8.43. The first kappa shape index (κ1) is 23.7. The molecule has 1 heterocycles. The molecule has 1 aliphatic heterocycles. The minimum absolute atomic E-state index is 0.0979. The molecule has 0 spiro atoms. The number of anilines is 1. The second-order valence-electron chi connectivity index (χ2n) is 8.60. The third kappa shape index (κ3) is 5.57. The average Bonchev–Trinajstić information content (AvgIpc) is 3.37. The minimum atomic E-state index is -3.62. The molecule has 7 nitrogen and oxygen atoms in total. The smallest absolute Gasteiger partial charge is 0.255 e. The van der Waals surface area contributed by atoms with Gasteiger partial charge in [0.2, 0.25) is 10.0 Å². The minimum Gasteiger partial charge on any atom is -0.349 e. The van der Waals surface area contributed by atoms with Gasteiger partial charge in [-0.3, -0.25) is 9.59 Å². The van der Waals surface area contributed by atoms with Crippen LogP contribution in [0.2, 0.25) is 5.02 Å². The molecular weight excluding hydrogens is 462 g/mol. The predicted octanol–water partition coefficient (Wildman–Crippen LogP) is 4.44. The molecule has 4 rings (SSSR count). The standard InChI is InChI=1S/C24H28ClN3O4S/c25-22-12-11-19(16-21(22)24(30)26-18-8-2-1-3-9-18)27-23(29)17-7-6-10-20(15-17)33(31,32)28-13-4-5-14-28/h6-7,10-12,15-16,18H,1-5,8-9,13-14H2,(H,26,30)(H,27,29). The Morgan fingerprint density at radius 3 is 2.36 bits per heavy atom. The van der Waals surface area contributed by atoms with Crippen LogP contribution >= 0.6 is 11.6 Å². The summed E-state index contributed by atoms with van der Waals surface area (Å²) in [5.74, 6) is -0.726. The van der Waals surface area contributed by atoms with Crippen molar-refractivity contribution in [1.29, 1.82) is 0 Å². The van der Waals surface area contributed by atoms with Crippen molar-refractivity contribution in [3.8, 4) is 0 Å². The van der Waals surface area contributed by atoms with Gasteiger partial charge in [-0.25, -0.2) is 8.42 Å². The van der Waals surface area contributed by atoms with Gasteiger partial charge in [0, 0.05) is 30.4 Å². The van der Waals surface area contributed by atoms with E-state index >= 15 is 0 Å². The van der Waals surface area contributed by atoms with E-state index in [-0.39, 0.29) is 22.4 Å². The SMILES string of the molecule is O=C(Nc1ccc(Cl)c(C(=O)NC2CCCCC2)c1)c1cccc(S(=O)(=O)N2CCCC2)c1. The number of carbonyl (C=O) groups is 2. The van der Waals surface area contributed by atoms with Crippen LogP contribution in [0.25, 0.3) is 0 Å². The van der Waals surface area contributed by atoms with Crippen LogP contribution in [0.1, 0.15) is 65.7 Å². The number of nitrogens with zero attached hydrogens (tertiary/aromatic N) is 1. The van der Waals surface area contributed by atoms with E-state index in [0.717, 1.165) is 38.5 Å². The van der Waals surface area contributed by atoms with Gasteiger partial charge in [-0.15, -0.1) is 0 Å². The van der Waals surface area contributed by atoms with Gasteiger partial charge in [0.25, 0.3) is 11.8 Å². The fraction of sp³-hybridized carbons (Fsp3) is 0.417. The van der Waals surface area contributed by atoms with E-state index in [2.05, 4.69) is 10.6 Å². The van der Waals surface area contributed by atoms with E-state index < -0.39 is 15.9 Å². The predicted molar refractivity (Wildman–Crippen MR) is 128 cm³/mol. The van der Waals surface area contributed by atoms with Crippen molar-refractivity contribution in [3.05, 3.63) is 58.6 Å². The van der Waals surface area contributed by atoms with Crippen LogP contribution in [-0.2, 0) is 10.0 Å². The van der Waals surface area contributed by atoms with E-state index in [1.165, 1.54) is 22.9 Å². The molecule has 0 radical (unpaired) electrons. The maximum atomic E-state index is 12.8. The molecule has 1 saturated carbocycles. The first-order chi connectivity index (χ1) is 15.8. The van der Waals surface area contributed by atoms with Gasteiger partial charge in [0.1, 0.15) is 0 Å². The maximum absolute atomic E-state index is 12.8. The number of halogens is 1.